The van der Waals surface area contributed by atoms with Crippen molar-refractivity contribution in [1.29, 1.82) is 0 Å². The summed E-state index contributed by atoms with van der Waals surface area (Å²) in [5.74, 6) is 0.332. The monoisotopic (exact) mass is 452 g/mol. The third-order valence-electron chi connectivity index (χ3n) is 6.38. The molecule has 1 fully saturated rings. The fourth-order valence-corrected chi connectivity index (χ4v) is 4.49. The van der Waals surface area contributed by atoms with Gasteiger partial charge in [-0.1, -0.05) is 24.3 Å². The molecular formula is C24H32N6O3. The quantitative estimate of drug-likeness (QED) is 0.467. The molecule has 4 rings (SSSR count). The number of fused-ring (bicyclic) bond motifs is 1. The largest absolute Gasteiger partial charge is 0.390 e. The Kier molecular flexibility index (Phi) is 7.51. The van der Waals surface area contributed by atoms with Crippen molar-refractivity contribution in [2.45, 2.75) is 50.8 Å². The van der Waals surface area contributed by atoms with E-state index in [0.717, 1.165) is 25.7 Å². The average molecular weight is 453 g/mol. The van der Waals surface area contributed by atoms with Gasteiger partial charge < -0.3 is 26.0 Å². The maximum atomic E-state index is 12.5. The van der Waals surface area contributed by atoms with Crippen LogP contribution >= 0.6 is 0 Å². The van der Waals surface area contributed by atoms with Crippen LogP contribution in [0.1, 0.15) is 41.4 Å². The lowest BCUT2D eigenvalue weighted by molar-refractivity contribution is -0.129. The Labute approximate surface area is 194 Å². The van der Waals surface area contributed by atoms with Gasteiger partial charge in [0.15, 0.2) is 0 Å². The van der Waals surface area contributed by atoms with Crippen molar-refractivity contribution in [1.82, 2.24) is 25.5 Å². The molecule has 1 aromatic heterocycles. The summed E-state index contributed by atoms with van der Waals surface area (Å²) < 4.78 is 0. The topological polar surface area (TPSA) is 119 Å². The summed E-state index contributed by atoms with van der Waals surface area (Å²) in [7, 11) is 0. The zero-order valence-corrected chi connectivity index (χ0v) is 19.0. The number of piperidine rings is 1. The molecule has 2 amide bonds. The van der Waals surface area contributed by atoms with Gasteiger partial charge in [0.05, 0.1) is 6.10 Å². The van der Waals surface area contributed by atoms with E-state index in [1.54, 1.807) is 13.0 Å². The number of amides is 2. The predicted molar refractivity (Wildman–Crippen MR) is 125 cm³/mol. The number of aromatic nitrogens is 2. The first-order valence-electron chi connectivity index (χ1n) is 11.6. The number of anilines is 1. The molecule has 2 heterocycles. The standard InChI is InChI=1S/C24H32N6O3/c1-16(31)30-8-6-19(7-9-30)29-23-12-22(27-15-28-23)24(33)26-14-21(32)13-25-20-10-17-4-2-3-5-18(17)11-20/h2-5,12,15,19-21,25,32H,6-11,13-14H2,1H3,(H,26,33)(H,27,28,29). The summed E-state index contributed by atoms with van der Waals surface area (Å²) in [5.41, 5.74) is 2.96. The van der Waals surface area contributed by atoms with Crippen molar-refractivity contribution in [3.8, 4) is 0 Å². The molecule has 0 radical (unpaired) electrons. The third-order valence-corrected chi connectivity index (χ3v) is 6.38. The lowest BCUT2D eigenvalue weighted by Crippen LogP contribution is -2.42. The van der Waals surface area contributed by atoms with E-state index in [1.807, 2.05) is 4.90 Å². The minimum Gasteiger partial charge on any atom is -0.390 e. The SMILES string of the molecule is CC(=O)N1CCC(Nc2cc(C(=O)NCC(O)CNC3Cc4ccccc4C3)ncn2)CC1. The fourth-order valence-electron chi connectivity index (χ4n) is 4.49. The van der Waals surface area contributed by atoms with Gasteiger partial charge in [-0.25, -0.2) is 9.97 Å². The molecule has 1 saturated heterocycles. The number of nitrogens with zero attached hydrogens (tertiary/aromatic N) is 3. The highest BCUT2D eigenvalue weighted by Gasteiger charge is 2.22. The molecule has 1 aliphatic heterocycles. The summed E-state index contributed by atoms with van der Waals surface area (Å²) in [6.07, 6.45) is 4.24. The van der Waals surface area contributed by atoms with Crippen LogP contribution in [0.2, 0.25) is 0 Å². The smallest absolute Gasteiger partial charge is 0.270 e. The molecule has 1 aliphatic carbocycles. The Morgan fingerprint density at radius 2 is 1.79 bits per heavy atom. The Morgan fingerprint density at radius 3 is 2.45 bits per heavy atom. The third kappa shape index (κ3) is 6.27. The Morgan fingerprint density at radius 1 is 1.09 bits per heavy atom. The van der Waals surface area contributed by atoms with Crippen molar-refractivity contribution in [3.05, 3.63) is 53.5 Å². The van der Waals surface area contributed by atoms with Crippen LogP contribution in [-0.4, -0.2) is 76.2 Å². The normalized spacial score (nSPS) is 17.5. The van der Waals surface area contributed by atoms with Crippen LogP contribution < -0.4 is 16.0 Å². The molecule has 33 heavy (non-hydrogen) atoms. The molecule has 9 nitrogen and oxygen atoms in total. The number of carbonyl (C=O) groups excluding carboxylic acids is 2. The highest BCUT2D eigenvalue weighted by atomic mass is 16.3. The Hall–Kier alpha value is -3.04. The zero-order valence-electron chi connectivity index (χ0n) is 19.0. The molecule has 2 aromatic rings. The lowest BCUT2D eigenvalue weighted by Gasteiger charge is -2.31. The van der Waals surface area contributed by atoms with Crippen molar-refractivity contribution in [2.75, 3.05) is 31.5 Å². The molecule has 4 N–H and O–H groups in total. The number of aliphatic hydroxyl groups excluding tert-OH is 1. The highest BCUT2D eigenvalue weighted by molar-refractivity contribution is 5.92. The van der Waals surface area contributed by atoms with Gasteiger partial charge in [0, 0.05) is 51.3 Å². The van der Waals surface area contributed by atoms with Gasteiger partial charge in [-0.2, -0.15) is 0 Å². The summed E-state index contributed by atoms with van der Waals surface area (Å²) in [6.45, 7) is 3.56. The van der Waals surface area contributed by atoms with Gasteiger partial charge in [-0.05, 0) is 36.8 Å². The number of benzene rings is 1. The van der Waals surface area contributed by atoms with Gasteiger partial charge in [0.25, 0.3) is 5.91 Å². The van der Waals surface area contributed by atoms with Gasteiger partial charge in [-0.15, -0.1) is 0 Å². The summed E-state index contributed by atoms with van der Waals surface area (Å²) in [4.78, 5) is 34.1. The molecule has 9 heteroatoms. The maximum Gasteiger partial charge on any atom is 0.270 e. The van der Waals surface area contributed by atoms with E-state index in [4.69, 9.17) is 0 Å². The Bertz CT molecular complexity index is 951. The lowest BCUT2D eigenvalue weighted by atomic mass is 10.1. The zero-order chi connectivity index (χ0) is 23.2. The van der Waals surface area contributed by atoms with E-state index in [-0.39, 0.29) is 30.1 Å². The van der Waals surface area contributed by atoms with E-state index in [2.05, 4.69) is 50.2 Å². The van der Waals surface area contributed by atoms with E-state index in [1.165, 1.54) is 17.5 Å². The van der Waals surface area contributed by atoms with Crippen molar-refractivity contribution in [3.63, 3.8) is 0 Å². The van der Waals surface area contributed by atoms with E-state index < -0.39 is 6.10 Å². The number of carbonyl (C=O) groups is 2. The minimum atomic E-state index is -0.691. The Balaban J connectivity index is 1.19. The number of rotatable bonds is 8. The molecule has 176 valence electrons. The maximum absolute atomic E-state index is 12.5. The molecule has 0 saturated carbocycles. The molecule has 2 aliphatic rings. The number of hydrogen-bond acceptors (Lipinski definition) is 7. The minimum absolute atomic E-state index is 0.0974. The van der Waals surface area contributed by atoms with Gasteiger partial charge in [0.1, 0.15) is 17.8 Å². The highest BCUT2D eigenvalue weighted by Crippen LogP contribution is 2.21. The van der Waals surface area contributed by atoms with E-state index in [9.17, 15) is 14.7 Å². The van der Waals surface area contributed by atoms with Crippen molar-refractivity contribution in [2.24, 2.45) is 0 Å². The van der Waals surface area contributed by atoms with Gasteiger partial charge in [0.2, 0.25) is 5.91 Å². The number of aliphatic hydroxyl groups is 1. The summed E-state index contributed by atoms with van der Waals surface area (Å²) >= 11 is 0. The molecule has 0 bridgehead atoms. The van der Waals surface area contributed by atoms with E-state index in [0.29, 0.717) is 31.5 Å². The van der Waals surface area contributed by atoms with Crippen molar-refractivity contribution >= 4 is 17.6 Å². The van der Waals surface area contributed by atoms with Gasteiger partial charge >= 0.3 is 0 Å². The van der Waals surface area contributed by atoms with Gasteiger partial charge in [-0.3, -0.25) is 9.59 Å². The molecule has 1 aromatic carbocycles. The molecule has 1 atom stereocenters. The first-order chi connectivity index (χ1) is 16.0. The number of hydrogen-bond donors (Lipinski definition) is 4. The second-order valence-corrected chi connectivity index (χ2v) is 8.86. The summed E-state index contributed by atoms with van der Waals surface area (Å²) in [6, 6.07) is 10.5. The van der Waals surface area contributed by atoms with Crippen LogP contribution in [0.3, 0.4) is 0 Å². The molecule has 1 unspecified atom stereocenters. The average Bonchev–Trinajstić information content (AvgIpc) is 3.25. The van der Waals surface area contributed by atoms with Crippen LogP contribution in [-0.2, 0) is 17.6 Å². The first kappa shape index (κ1) is 23.1. The van der Waals surface area contributed by atoms with Crippen LogP contribution in [0, 0.1) is 0 Å². The molecular weight excluding hydrogens is 420 g/mol. The number of likely N-dealkylation sites (tertiary alicyclic amines) is 1. The number of nitrogens with one attached hydrogen (secondary N) is 3. The van der Waals surface area contributed by atoms with E-state index >= 15 is 0 Å². The van der Waals surface area contributed by atoms with Crippen LogP contribution in [0.25, 0.3) is 0 Å². The van der Waals surface area contributed by atoms with Crippen molar-refractivity contribution < 1.29 is 14.7 Å². The summed E-state index contributed by atoms with van der Waals surface area (Å²) in [5, 5.41) is 19.8. The van der Waals surface area contributed by atoms with Crippen LogP contribution in [0.4, 0.5) is 5.82 Å². The second kappa shape index (κ2) is 10.7. The first-order valence-corrected chi connectivity index (χ1v) is 11.6. The predicted octanol–water partition coefficient (Wildman–Crippen LogP) is 0.747. The van der Waals surface area contributed by atoms with Crippen LogP contribution in [0.15, 0.2) is 36.7 Å². The molecule has 0 spiro atoms. The fraction of sp³-hybridized carbons (Fsp3) is 0.500. The second-order valence-electron chi connectivity index (χ2n) is 8.86. The van der Waals surface area contributed by atoms with Crippen LogP contribution in [0.5, 0.6) is 0 Å².